The Labute approximate surface area is 149 Å². The second-order valence-electron chi connectivity index (χ2n) is 5.49. The van der Waals surface area contributed by atoms with Gasteiger partial charge in [-0.2, -0.15) is 5.10 Å². The number of piperazine rings is 1. The van der Waals surface area contributed by atoms with E-state index in [-0.39, 0.29) is 30.9 Å². The summed E-state index contributed by atoms with van der Waals surface area (Å²) in [6.45, 7) is 9.19. The van der Waals surface area contributed by atoms with Gasteiger partial charge in [-0.3, -0.25) is 9.58 Å². The minimum Gasteiger partial charge on any atom is -0.450 e. The Balaban J connectivity index is 0.00000132. The fraction of sp³-hybridized carbons (Fsp3) is 0.714. The molecule has 0 atom stereocenters. The van der Waals surface area contributed by atoms with Crippen LogP contribution in [-0.2, 0) is 24.4 Å². The van der Waals surface area contributed by atoms with Gasteiger partial charge in [0.2, 0.25) is 0 Å². The first-order chi connectivity index (χ1) is 10.3. The molecule has 132 valence electrons. The quantitative estimate of drug-likeness (QED) is 0.868. The van der Waals surface area contributed by atoms with Gasteiger partial charge in [-0.1, -0.05) is 0 Å². The van der Waals surface area contributed by atoms with Crippen molar-refractivity contribution >= 4 is 30.9 Å². The SMILES string of the molecule is CCOC(=O)N1CCN(Cc2cc3n(n2)CCNC3)CC1.Cl.Cl. The second kappa shape index (κ2) is 9.32. The molecule has 3 rings (SSSR count). The third-order valence-electron chi connectivity index (χ3n) is 4.00. The van der Waals surface area contributed by atoms with Crippen LogP contribution >= 0.6 is 24.8 Å². The predicted octanol–water partition coefficient (Wildman–Crippen LogP) is 1.10. The fourth-order valence-electron chi connectivity index (χ4n) is 2.86. The molecule has 1 aromatic heterocycles. The van der Waals surface area contributed by atoms with E-state index in [2.05, 4.69) is 26.1 Å². The van der Waals surface area contributed by atoms with Crippen LogP contribution in [-0.4, -0.2) is 65.0 Å². The monoisotopic (exact) mass is 365 g/mol. The van der Waals surface area contributed by atoms with Crippen LogP contribution in [0, 0.1) is 0 Å². The number of ether oxygens (including phenoxy) is 1. The van der Waals surface area contributed by atoms with Crippen molar-refractivity contribution in [2.45, 2.75) is 26.6 Å². The van der Waals surface area contributed by atoms with Crippen molar-refractivity contribution in [3.8, 4) is 0 Å². The highest BCUT2D eigenvalue weighted by Crippen LogP contribution is 2.12. The second-order valence-corrected chi connectivity index (χ2v) is 5.49. The van der Waals surface area contributed by atoms with Crippen molar-refractivity contribution in [1.82, 2.24) is 24.9 Å². The van der Waals surface area contributed by atoms with Crippen LogP contribution in [0.4, 0.5) is 4.79 Å². The summed E-state index contributed by atoms with van der Waals surface area (Å²) in [5.41, 5.74) is 2.39. The Hall–Kier alpha value is -1.02. The van der Waals surface area contributed by atoms with Crippen molar-refractivity contribution in [1.29, 1.82) is 0 Å². The van der Waals surface area contributed by atoms with Crippen LogP contribution in [0.2, 0.25) is 0 Å². The summed E-state index contributed by atoms with van der Waals surface area (Å²) in [4.78, 5) is 15.8. The van der Waals surface area contributed by atoms with Gasteiger partial charge in [0, 0.05) is 45.8 Å². The molecule has 1 saturated heterocycles. The zero-order valence-electron chi connectivity index (χ0n) is 13.4. The molecule has 1 aromatic rings. The van der Waals surface area contributed by atoms with Gasteiger partial charge in [0.05, 0.1) is 24.5 Å². The highest BCUT2D eigenvalue weighted by Gasteiger charge is 2.22. The van der Waals surface area contributed by atoms with Gasteiger partial charge >= 0.3 is 6.09 Å². The van der Waals surface area contributed by atoms with Crippen LogP contribution in [0.15, 0.2) is 6.07 Å². The standard InChI is InChI=1S/C14H23N5O2.2ClH/c1-2-21-14(20)18-7-5-17(6-8-18)11-12-9-13-10-15-3-4-19(13)16-12;;/h9,15H,2-8,10-11H2,1H3;2*1H. The van der Waals surface area contributed by atoms with E-state index in [1.54, 1.807) is 4.90 Å². The van der Waals surface area contributed by atoms with E-state index in [4.69, 9.17) is 4.74 Å². The number of nitrogens with one attached hydrogen (secondary N) is 1. The molecule has 3 heterocycles. The Morgan fingerprint density at radius 1 is 1.26 bits per heavy atom. The number of rotatable bonds is 3. The number of carbonyl (C=O) groups excluding carboxylic acids is 1. The summed E-state index contributed by atoms with van der Waals surface area (Å²) in [7, 11) is 0. The van der Waals surface area contributed by atoms with Crippen molar-refractivity contribution in [3.63, 3.8) is 0 Å². The highest BCUT2D eigenvalue weighted by atomic mass is 35.5. The van der Waals surface area contributed by atoms with E-state index < -0.39 is 0 Å². The maximum atomic E-state index is 11.7. The molecule has 0 spiro atoms. The third kappa shape index (κ3) is 4.97. The van der Waals surface area contributed by atoms with Crippen molar-refractivity contribution in [3.05, 3.63) is 17.5 Å². The number of carbonyl (C=O) groups is 1. The van der Waals surface area contributed by atoms with Crippen LogP contribution in [0.25, 0.3) is 0 Å². The number of amides is 1. The molecule has 0 aromatic carbocycles. The van der Waals surface area contributed by atoms with E-state index >= 15 is 0 Å². The average Bonchev–Trinajstić information content (AvgIpc) is 2.90. The molecule has 0 radical (unpaired) electrons. The summed E-state index contributed by atoms with van der Waals surface area (Å²) in [6.07, 6.45) is -0.194. The number of halogens is 2. The van der Waals surface area contributed by atoms with Gasteiger partial charge < -0.3 is 15.0 Å². The lowest BCUT2D eigenvalue weighted by molar-refractivity contribution is 0.0775. The summed E-state index contributed by atoms with van der Waals surface area (Å²) >= 11 is 0. The van der Waals surface area contributed by atoms with Gasteiger partial charge in [-0.15, -0.1) is 24.8 Å². The molecule has 1 amide bonds. The third-order valence-corrected chi connectivity index (χ3v) is 4.00. The number of fused-ring (bicyclic) bond motifs is 1. The maximum absolute atomic E-state index is 11.7. The van der Waals surface area contributed by atoms with Crippen molar-refractivity contribution in [2.75, 3.05) is 39.3 Å². The Bertz CT molecular complexity index is 480. The number of hydrogen-bond acceptors (Lipinski definition) is 5. The molecule has 0 aliphatic carbocycles. The molecule has 9 heteroatoms. The van der Waals surface area contributed by atoms with Crippen LogP contribution in [0.5, 0.6) is 0 Å². The van der Waals surface area contributed by atoms with Gasteiger partial charge in [0.25, 0.3) is 0 Å². The van der Waals surface area contributed by atoms with E-state index in [1.807, 2.05) is 6.92 Å². The zero-order valence-corrected chi connectivity index (χ0v) is 15.0. The number of aromatic nitrogens is 2. The maximum Gasteiger partial charge on any atom is 0.409 e. The molecule has 23 heavy (non-hydrogen) atoms. The van der Waals surface area contributed by atoms with Crippen LogP contribution in [0.3, 0.4) is 0 Å². The molecule has 2 aliphatic rings. The van der Waals surface area contributed by atoms with Gasteiger partial charge in [-0.05, 0) is 13.0 Å². The van der Waals surface area contributed by atoms with Crippen LogP contribution < -0.4 is 5.32 Å². The summed E-state index contributed by atoms with van der Waals surface area (Å²) in [5.74, 6) is 0. The molecular weight excluding hydrogens is 341 g/mol. The van der Waals surface area contributed by atoms with Gasteiger partial charge in [-0.25, -0.2) is 4.79 Å². The molecule has 0 unspecified atom stereocenters. The lowest BCUT2D eigenvalue weighted by Crippen LogP contribution is -2.48. The summed E-state index contributed by atoms with van der Waals surface area (Å²) in [6, 6.07) is 2.18. The average molecular weight is 366 g/mol. The van der Waals surface area contributed by atoms with Gasteiger partial charge in [0.15, 0.2) is 0 Å². The summed E-state index contributed by atoms with van der Waals surface area (Å²) < 4.78 is 7.13. The van der Waals surface area contributed by atoms with E-state index in [0.717, 1.165) is 58.1 Å². The molecule has 1 fully saturated rings. The van der Waals surface area contributed by atoms with Gasteiger partial charge in [0.1, 0.15) is 0 Å². The van der Waals surface area contributed by atoms with Crippen molar-refractivity contribution in [2.24, 2.45) is 0 Å². The topological polar surface area (TPSA) is 62.6 Å². The number of nitrogens with zero attached hydrogens (tertiary/aromatic N) is 4. The van der Waals surface area contributed by atoms with E-state index in [1.165, 1.54) is 5.69 Å². The molecule has 0 bridgehead atoms. The first-order valence-corrected chi connectivity index (χ1v) is 7.66. The lowest BCUT2D eigenvalue weighted by atomic mass is 10.2. The fourth-order valence-corrected chi connectivity index (χ4v) is 2.86. The predicted molar refractivity (Wildman–Crippen MR) is 92.3 cm³/mol. The molecular formula is C14H25Cl2N5O2. The minimum atomic E-state index is -0.194. The first-order valence-electron chi connectivity index (χ1n) is 7.66. The zero-order chi connectivity index (χ0) is 14.7. The largest absolute Gasteiger partial charge is 0.450 e. The molecule has 2 aliphatic heterocycles. The molecule has 0 saturated carbocycles. The highest BCUT2D eigenvalue weighted by molar-refractivity contribution is 5.85. The Morgan fingerprint density at radius 3 is 2.65 bits per heavy atom. The van der Waals surface area contributed by atoms with Crippen molar-refractivity contribution < 1.29 is 9.53 Å². The lowest BCUT2D eigenvalue weighted by Gasteiger charge is -2.33. The smallest absolute Gasteiger partial charge is 0.409 e. The summed E-state index contributed by atoms with van der Waals surface area (Å²) in [5, 5.41) is 8.01. The Morgan fingerprint density at radius 2 is 2.00 bits per heavy atom. The van der Waals surface area contributed by atoms with E-state index in [9.17, 15) is 4.79 Å². The normalized spacial score (nSPS) is 17.7. The van der Waals surface area contributed by atoms with E-state index in [0.29, 0.717) is 6.61 Å². The first kappa shape index (κ1) is 20.0. The van der Waals surface area contributed by atoms with Crippen LogP contribution in [0.1, 0.15) is 18.3 Å². The molecule has 1 N–H and O–H groups in total. The molecule has 7 nitrogen and oxygen atoms in total. The number of hydrogen-bond donors (Lipinski definition) is 1. The Kier molecular flexibility index (Phi) is 8.11. The minimum absolute atomic E-state index is 0.